The number of rotatable bonds is 17. The Morgan fingerprint density at radius 1 is 0.750 bits per heavy atom. The Labute approximate surface area is 202 Å². The topological polar surface area (TPSA) is 26.0 Å². The lowest BCUT2D eigenvalue weighted by atomic mass is 10.0. The lowest BCUT2D eigenvalue weighted by Crippen LogP contribution is -1.95. The molecule has 0 aliphatic heterocycles. The first-order chi connectivity index (χ1) is 15.7. The normalized spacial score (nSPS) is 11.3. The Kier molecular flexibility index (Phi) is 13.7. The number of aryl methyl sites for hydroxylation is 1. The minimum atomic E-state index is 0.834. The van der Waals surface area contributed by atoms with Crippen LogP contribution in [0.2, 0.25) is 0 Å². The van der Waals surface area contributed by atoms with Crippen molar-refractivity contribution in [1.29, 1.82) is 0 Å². The fraction of sp³-hybridized carbons (Fsp3) is 0.500. The molecule has 0 atom stereocenters. The van der Waals surface area contributed by atoms with Gasteiger partial charge in [0.2, 0.25) is 0 Å². The summed E-state index contributed by atoms with van der Waals surface area (Å²) in [5, 5.41) is 0. The maximum absolute atomic E-state index is 6.30. The first-order valence-electron chi connectivity index (χ1n) is 12.9. The van der Waals surface area contributed by atoms with E-state index >= 15 is 0 Å². The molecule has 0 saturated carbocycles. The van der Waals surface area contributed by atoms with Crippen LogP contribution in [-0.4, -0.2) is 4.86 Å². The molecule has 0 amide bonds. The van der Waals surface area contributed by atoms with Gasteiger partial charge in [-0.3, -0.25) is 0 Å². The first kappa shape index (κ1) is 26.3. The van der Waals surface area contributed by atoms with Gasteiger partial charge in [-0.05, 0) is 41.7 Å². The molecule has 2 aromatic carbocycles. The molecule has 0 spiro atoms. The van der Waals surface area contributed by atoms with E-state index in [0.29, 0.717) is 0 Å². The van der Waals surface area contributed by atoms with Crippen molar-refractivity contribution in [2.24, 2.45) is 0 Å². The number of anilines is 1. The fourth-order valence-electron chi connectivity index (χ4n) is 4.14. The molecule has 32 heavy (non-hydrogen) atoms. The second-order valence-corrected chi connectivity index (χ2v) is 9.46. The number of nitrogen functional groups attached to an aromatic ring is 1. The Hall–Kier alpha value is -1.93. The Morgan fingerprint density at radius 3 is 1.88 bits per heavy atom. The van der Waals surface area contributed by atoms with E-state index in [1.165, 1.54) is 89.0 Å². The summed E-state index contributed by atoms with van der Waals surface area (Å²) in [4.78, 5) is 0.834. The Morgan fingerprint density at radius 2 is 1.31 bits per heavy atom. The predicted octanol–water partition coefficient (Wildman–Crippen LogP) is 9.33. The van der Waals surface area contributed by atoms with Crippen LogP contribution >= 0.6 is 12.2 Å². The molecular weight excluding hydrogens is 406 g/mol. The highest BCUT2D eigenvalue weighted by molar-refractivity contribution is 7.81. The second-order valence-electron chi connectivity index (χ2n) is 9.02. The van der Waals surface area contributed by atoms with Crippen LogP contribution in [0.4, 0.5) is 5.69 Å². The van der Waals surface area contributed by atoms with Crippen molar-refractivity contribution in [3.63, 3.8) is 0 Å². The molecule has 0 unspecified atom stereocenters. The molecule has 0 aromatic heterocycles. The number of thiocarbonyl (C=S) groups is 1. The third kappa shape index (κ3) is 11.1. The average Bonchev–Trinajstić information content (AvgIpc) is 2.82. The molecule has 174 valence electrons. The van der Waals surface area contributed by atoms with Gasteiger partial charge >= 0.3 is 0 Å². The van der Waals surface area contributed by atoms with Crippen LogP contribution in [0.15, 0.2) is 54.6 Å². The molecule has 2 heteroatoms. The minimum absolute atomic E-state index is 0.834. The molecule has 0 saturated heterocycles. The maximum Gasteiger partial charge on any atom is 0.0449 e. The van der Waals surface area contributed by atoms with Crippen LogP contribution in [0.1, 0.15) is 107 Å². The van der Waals surface area contributed by atoms with Gasteiger partial charge in [-0.15, -0.1) is 0 Å². The van der Waals surface area contributed by atoms with Crippen molar-refractivity contribution in [3.8, 4) is 0 Å². The zero-order valence-electron chi connectivity index (χ0n) is 20.2. The van der Waals surface area contributed by atoms with E-state index in [1.54, 1.807) is 0 Å². The van der Waals surface area contributed by atoms with Crippen molar-refractivity contribution < 1.29 is 0 Å². The van der Waals surface area contributed by atoms with Gasteiger partial charge in [0.15, 0.2) is 0 Å². The van der Waals surface area contributed by atoms with Gasteiger partial charge in [-0.25, -0.2) is 0 Å². The number of allylic oxidation sites excluding steroid dienone is 1. The molecule has 2 aromatic rings. The van der Waals surface area contributed by atoms with Gasteiger partial charge in [0, 0.05) is 10.6 Å². The molecule has 0 bridgehead atoms. The highest BCUT2D eigenvalue weighted by Crippen LogP contribution is 2.19. The van der Waals surface area contributed by atoms with Gasteiger partial charge in [0.25, 0.3) is 0 Å². The zero-order valence-corrected chi connectivity index (χ0v) is 21.0. The summed E-state index contributed by atoms with van der Waals surface area (Å²) in [5.41, 5.74) is 10.6. The van der Waals surface area contributed by atoms with Gasteiger partial charge < -0.3 is 5.73 Å². The largest absolute Gasteiger partial charge is 0.398 e. The molecule has 2 N–H and O–H groups in total. The summed E-state index contributed by atoms with van der Waals surface area (Å²) in [6.07, 6.45) is 23.2. The summed E-state index contributed by atoms with van der Waals surface area (Å²) >= 11 is 5.50. The van der Waals surface area contributed by atoms with Gasteiger partial charge in [0.05, 0.1) is 0 Å². The molecule has 0 aliphatic rings. The SMILES string of the molecule is CCCCCCCCCCCCCCCc1ccc(C=CC(=S)c2ccccc2)c(N)c1. The smallest absolute Gasteiger partial charge is 0.0449 e. The highest BCUT2D eigenvalue weighted by atomic mass is 32.1. The summed E-state index contributed by atoms with van der Waals surface area (Å²) in [6.45, 7) is 2.29. The van der Waals surface area contributed by atoms with Crippen molar-refractivity contribution in [2.45, 2.75) is 96.8 Å². The monoisotopic (exact) mass is 449 g/mol. The zero-order chi connectivity index (χ0) is 22.9. The second kappa shape index (κ2) is 16.7. The van der Waals surface area contributed by atoms with Crippen LogP contribution in [0, 0.1) is 0 Å². The molecule has 0 fully saturated rings. The van der Waals surface area contributed by atoms with E-state index in [-0.39, 0.29) is 0 Å². The number of hydrogen-bond acceptors (Lipinski definition) is 2. The van der Waals surface area contributed by atoms with E-state index < -0.39 is 0 Å². The quantitative estimate of drug-likeness (QED) is 0.0855. The molecule has 0 aliphatic carbocycles. The predicted molar refractivity (Wildman–Crippen MR) is 147 cm³/mol. The van der Waals surface area contributed by atoms with Crippen molar-refractivity contribution in [1.82, 2.24) is 0 Å². The van der Waals surface area contributed by atoms with E-state index in [1.807, 2.05) is 42.5 Å². The third-order valence-electron chi connectivity index (χ3n) is 6.19. The van der Waals surface area contributed by atoms with Crippen LogP contribution < -0.4 is 5.73 Å². The van der Waals surface area contributed by atoms with Crippen LogP contribution in [0.3, 0.4) is 0 Å². The highest BCUT2D eigenvalue weighted by Gasteiger charge is 2.01. The van der Waals surface area contributed by atoms with Crippen molar-refractivity contribution in [2.75, 3.05) is 5.73 Å². The lowest BCUT2D eigenvalue weighted by Gasteiger charge is -2.06. The summed E-state index contributed by atoms with van der Waals surface area (Å²) < 4.78 is 0. The van der Waals surface area contributed by atoms with Crippen LogP contribution in [0.25, 0.3) is 6.08 Å². The fourth-order valence-corrected chi connectivity index (χ4v) is 4.35. The molecule has 1 nitrogen and oxygen atoms in total. The summed E-state index contributed by atoms with van der Waals surface area (Å²) in [5.74, 6) is 0. The van der Waals surface area contributed by atoms with E-state index in [4.69, 9.17) is 18.0 Å². The maximum atomic E-state index is 6.30. The van der Waals surface area contributed by atoms with E-state index in [9.17, 15) is 0 Å². The van der Waals surface area contributed by atoms with E-state index in [0.717, 1.165) is 28.1 Å². The number of benzene rings is 2. The Balaban J connectivity index is 1.56. The average molecular weight is 450 g/mol. The summed E-state index contributed by atoms with van der Waals surface area (Å²) in [6, 6.07) is 16.6. The van der Waals surface area contributed by atoms with Crippen molar-refractivity contribution >= 4 is 28.8 Å². The van der Waals surface area contributed by atoms with Crippen molar-refractivity contribution in [3.05, 3.63) is 71.3 Å². The number of unbranched alkanes of at least 4 members (excludes halogenated alkanes) is 12. The molecular formula is C30H43NS. The molecule has 2 rings (SSSR count). The summed E-state index contributed by atoms with van der Waals surface area (Å²) in [7, 11) is 0. The third-order valence-corrected chi connectivity index (χ3v) is 6.56. The number of hydrogen-bond donors (Lipinski definition) is 1. The lowest BCUT2D eigenvalue weighted by molar-refractivity contribution is 0.539. The van der Waals surface area contributed by atoms with Gasteiger partial charge in [-0.1, -0.05) is 145 Å². The van der Waals surface area contributed by atoms with E-state index in [2.05, 4.69) is 25.1 Å². The van der Waals surface area contributed by atoms with Gasteiger partial charge in [0.1, 0.15) is 0 Å². The Bertz CT molecular complexity index is 794. The standard InChI is InChI=1S/C30H43NS/c1-2-3-4-5-6-7-8-9-10-11-12-13-15-18-26-21-22-27(29(31)25-26)23-24-30(32)28-19-16-14-17-20-28/h14,16-17,19-25H,2-13,15,18,31H2,1H3. The number of nitrogens with two attached hydrogens (primary N) is 1. The molecule has 0 radical (unpaired) electrons. The van der Waals surface area contributed by atoms with Gasteiger partial charge in [-0.2, -0.15) is 0 Å². The first-order valence-corrected chi connectivity index (χ1v) is 13.3. The van der Waals surface area contributed by atoms with Crippen LogP contribution in [0.5, 0.6) is 0 Å². The molecule has 0 heterocycles. The van der Waals surface area contributed by atoms with Crippen LogP contribution in [-0.2, 0) is 6.42 Å². The minimum Gasteiger partial charge on any atom is -0.398 e.